The first-order chi connectivity index (χ1) is 7.09. The van der Waals surface area contributed by atoms with Crippen molar-refractivity contribution in [2.75, 3.05) is 11.5 Å². The first kappa shape index (κ1) is 9.33. The highest BCUT2D eigenvalue weighted by Crippen LogP contribution is 2.26. The first-order valence-corrected chi connectivity index (χ1v) is 4.40. The predicted octanol–water partition coefficient (Wildman–Crippen LogP) is 1.70. The zero-order chi connectivity index (χ0) is 11.0. The second-order valence-electron chi connectivity index (χ2n) is 3.31. The third-order valence-corrected chi connectivity index (χ3v) is 2.32. The van der Waals surface area contributed by atoms with E-state index < -0.39 is 5.97 Å². The molecule has 0 saturated heterocycles. The van der Waals surface area contributed by atoms with Gasteiger partial charge in [0.2, 0.25) is 0 Å². The summed E-state index contributed by atoms with van der Waals surface area (Å²) in [5, 5.41) is 10.4. The van der Waals surface area contributed by atoms with Gasteiger partial charge in [-0.2, -0.15) is 0 Å². The Morgan fingerprint density at radius 1 is 1.13 bits per heavy atom. The lowest BCUT2D eigenvalue weighted by molar-refractivity contribution is 0.0698. The van der Waals surface area contributed by atoms with Gasteiger partial charge in [-0.15, -0.1) is 0 Å². The maximum Gasteiger partial charge on any atom is 0.337 e. The molecule has 2 rings (SSSR count). The molecule has 0 aliphatic carbocycles. The Balaban J connectivity index is 2.80. The van der Waals surface area contributed by atoms with Crippen molar-refractivity contribution in [2.24, 2.45) is 0 Å². The molecule has 0 fully saturated rings. The summed E-state index contributed by atoms with van der Waals surface area (Å²) in [6, 6.07) is 8.37. The van der Waals surface area contributed by atoms with E-state index in [-0.39, 0.29) is 11.3 Å². The van der Waals surface area contributed by atoms with Crippen LogP contribution in [-0.4, -0.2) is 11.1 Å². The molecule has 4 heteroatoms. The van der Waals surface area contributed by atoms with Gasteiger partial charge in [-0.25, -0.2) is 4.79 Å². The normalized spacial score (nSPS) is 10.4. The molecule has 0 unspecified atom stereocenters. The van der Waals surface area contributed by atoms with Crippen LogP contribution in [0.2, 0.25) is 0 Å². The van der Waals surface area contributed by atoms with E-state index in [1.54, 1.807) is 24.3 Å². The monoisotopic (exact) mass is 202 g/mol. The van der Waals surface area contributed by atoms with Crippen LogP contribution in [0.25, 0.3) is 10.8 Å². The number of nitrogen functional groups attached to an aromatic ring is 2. The number of hydrogen-bond donors (Lipinski definition) is 3. The summed E-state index contributed by atoms with van der Waals surface area (Å²) in [7, 11) is 0. The van der Waals surface area contributed by atoms with Gasteiger partial charge in [0.25, 0.3) is 0 Å². The van der Waals surface area contributed by atoms with Crippen LogP contribution < -0.4 is 11.5 Å². The highest BCUT2D eigenvalue weighted by atomic mass is 16.4. The molecular formula is C11H10N2O2. The smallest absolute Gasteiger partial charge is 0.337 e. The number of carboxylic acid groups (broad SMARTS) is 1. The Morgan fingerprint density at radius 3 is 2.53 bits per heavy atom. The molecule has 76 valence electrons. The van der Waals surface area contributed by atoms with Gasteiger partial charge in [0.1, 0.15) is 0 Å². The topological polar surface area (TPSA) is 89.3 Å². The molecule has 0 radical (unpaired) electrons. The van der Waals surface area contributed by atoms with E-state index in [1.165, 1.54) is 6.07 Å². The lowest BCUT2D eigenvalue weighted by Crippen LogP contribution is -2.02. The number of aromatic carboxylic acids is 1. The van der Waals surface area contributed by atoms with Crippen LogP contribution in [0.4, 0.5) is 11.4 Å². The van der Waals surface area contributed by atoms with Crippen molar-refractivity contribution in [3.63, 3.8) is 0 Å². The van der Waals surface area contributed by atoms with Crippen LogP contribution in [0.5, 0.6) is 0 Å². The molecule has 0 saturated carbocycles. The Bertz CT molecular complexity index is 550. The fourth-order valence-electron chi connectivity index (χ4n) is 1.56. The second kappa shape index (κ2) is 3.16. The fraction of sp³-hybridized carbons (Fsp3) is 0. The Hall–Kier alpha value is -2.23. The average Bonchev–Trinajstić information content (AvgIpc) is 2.17. The molecule has 5 N–H and O–H groups in total. The molecule has 2 aromatic carbocycles. The van der Waals surface area contributed by atoms with E-state index in [0.717, 1.165) is 5.39 Å². The van der Waals surface area contributed by atoms with E-state index in [1.807, 2.05) is 0 Å². The van der Waals surface area contributed by atoms with Gasteiger partial charge in [-0.3, -0.25) is 0 Å². The number of fused-ring (bicyclic) bond motifs is 1. The predicted molar refractivity (Wildman–Crippen MR) is 59.7 cm³/mol. The summed E-state index contributed by atoms with van der Waals surface area (Å²) in [6.07, 6.45) is 0. The summed E-state index contributed by atoms with van der Waals surface area (Å²) < 4.78 is 0. The van der Waals surface area contributed by atoms with E-state index in [0.29, 0.717) is 11.1 Å². The number of hydrogen-bond acceptors (Lipinski definition) is 3. The minimum atomic E-state index is -1.02. The van der Waals surface area contributed by atoms with Crippen molar-refractivity contribution in [1.29, 1.82) is 0 Å². The van der Waals surface area contributed by atoms with Crippen molar-refractivity contribution in [3.8, 4) is 0 Å². The highest BCUT2D eigenvalue weighted by Gasteiger charge is 2.10. The summed E-state index contributed by atoms with van der Waals surface area (Å²) >= 11 is 0. The largest absolute Gasteiger partial charge is 0.478 e. The highest BCUT2D eigenvalue weighted by molar-refractivity contribution is 6.05. The Kier molecular flexibility index (Phi) is 1.97. The SMILES string of the molecule is Nc1ccc2c(N)c(C(=O)O)ccc2c1. The van der Waals surface area contributed by atoms with Gasteiger partial charge in [0, 0.05) is 11.1 Å². The van der Waals surface area contributed by atoms with Gasteiger partial charge in [-0.05, 0) is 23.6 Å². The molecule has 2 aromatic rings. The van der Waals surface area contributed by atoms with Crippen LogP contribution in [0.1, 0.15) is 10.4 Å². The van der Waals surface area contributed by atoms with Gasteiger partial charge in [0.05, 0.1) is 11.3 Å². The summed E-state index contributed by atoms with van der Waals surface area (Å²) in [5.41, 5.74) is 12.4. The molecule has 0 atom stereocenters. The summed E-state index contributed by atoms with van der Waals surface area (Å²) in [6.45, 7) is 0. The lowest BCUT2D eigenvalue weighted by atomic mass is 10.0. The zero-order valence-electron chi connectivity index (χ0n) is 7.90. The van der Waals surface area contributed by atoms with Crippen LogP contribution in [0, 0.1) is 0 Å². The van der Waals surface area contributed by atoms with Crippen molar-refractivity contribution in [2.45, 2.75) is 0 Å². The number of anilines is 2. The molecule has 0 spiro atoms. The third-order valence-electron chi connectivity index (χ3n) is 2.32. The number of rotatable bonds is 1. The maximum atomic E-state index is 10.8. The number of carboxylic acids is 1. The molecular weight excluding hydrogens is 192 g/mol. The first-order valence-electron chi connectivity index (χ1n) is 4.40. The molecule has 0 heterocycles. The molecule has 0 aliphatic heterocycles. The van der Waals surface area contributed by atoms with E-state index >= 15 is 0 Å². The van der Waals surface area contributed by atoms with Crippen LogP contribution in [0.3, 0.4) is 0 Å². The molecule has 0 aromatic heterocycles. The molecule has 15 heavy (non-hydrogen) atoms. The van der Waals surface area contributed by atoms with Crippen molar-refractivity contribution in [1.82, 2.24) is 0 Å². The van der Waals surface area contributed by atoms with Crippen LogP contribution in [0.15, 0.2) is 30.3 Å². The average molecular weight is 202 g/mol. The Morgan fingerprint density at radius 2 is 1.87 bits per heavy atom. The summed E-state index contributed by atoms with van der Waals surface area (Å²) in [5.74, 6) is -1.02. The van der Waals surface area contributed by atoms with Crippen LogP contribution in [-0.2, 0) is 0 Å². The van der Waals surface area contributed by atoms with Crippen molar-refractivity contribution in [3.05, 3.63) is 35.9 Å². The summed E-state index contributed by atoms with van der Waals surface area (Å²) in [4.78, 5) is 10.8. The van der Waals surface area contributed by atoms with E-state index in [9.17, 15) is 4.79 Å². The van der Waals surface area contributed by atoms with Gasteiger partial charge < -0.3 is 16.6 Å². The van der Waals surface area contributed by atoms with E-state index in [4.69, 9.17) is 16.6 Å². The molecule has 4 nitrogen and oxygen atoms in total. The molecule has 0 aliphatic rings. The fourth-order valence-corrected chi connectivity index (χ4v) is 1.56. The van der Waals surface area contributed by atoms with Crippen LogP contribution >= 0.6 is 0 Å². The Labute approximate surface area is 86.1 Å². The standard InChI is InChI=1S/C11H10N2O2/c12-7-2-4-8-6(5-7)1-3-9(10(8)13)11(14)15/h1-5H,12-13H2,(H,14,15). The van der Waals surface area contributed by atoms with Gasteiger partial charge in [0.15, 0.2) is 0 Å². The quantitative estimate of drug-likeness (QED) is 0.614. The van der Waals surface area contributed by atoms with Gasteiger partial charge in [-0.1, -0.05) is 12.1 Å². The van der Waals surface area contributed by atoms with E-state index in [2.05, 4.69) is 0 Å². The van der Waals surface area contributed by atoms with Crippen molar-refractivity contribution >= 4 is 28.1 Å². The van der Waals surface area contributed by atoms with Gasteiger partial charge >= 0.3 is 5.97 Å². The molecule has 0 bridgehead atoms. The minimum Gasteiger partial charge on any atom is -0.478 e. The number of carbonyl (C=O) groups is 1. The third kappa shape index (κ3) is 1.46. The van der Waals surface area contributed by atoms with Crippen molar-refractivity contribution < 1.29 is 9.90 Å². The zero-order valence-corrected chi connectivity index (χ0v) is 7.90. The number of nitrogens with two attached hydrogens (primary N) is 2. The molecule has 0 amide bonds. The second-order valence-corrected chi connectivity index (χ2v) is 3.31. The maximum absolute atomic E-state index is 10.8. The minimum absolute atomic E-state index is 0.118. The number of benzene rings is 2. The lowest BCUT2D eigenvalue weighted by Gasteiger charge is -2.06.